The van der Waals surface area contributed by atoms with Gasteiger partial charge >= 0.3 is 6.09 Å². The zero-order valence-corrected chi connectivity index (χ0v) is 18.9. The zero-order valence-electron chi connectivity index (χ0n) is 16.6. The van der Waals surface area contributed by atoms with E-state index in [2.05, 4.69) is 15.2 Å². The molecule has 2 saturated heterocycles. The topological polar surface area (TPSA) is 86.6 Å². The quantitative estimate of drug-likeness (QED) is 0.571. The third-order valence-electron chi connectivity index (χ3n) is 5.31. The molecule has 2 atom stereocenters. The van der Waals surface area contributed by atoms with Crippen LogP contribution in [0.4, 0.5) is 4.79 Å². The lowest BCUT2D eigenvalue weighted by Gasteiger charge is -2.39. The van der Waals surface area contributed by atoms with E-state index in [4.69, 9.17) is 9.47 Å². The monoisotopic (exact) mass is 496 g/mol. The van der Waals surface area contributed by atoms with Crippen LogP contribution >= 0.6 is 24.0 Å². The van der Waals surface area contributed by atoms with E-state index in [-0.39, 0.29) is 48.1 Å². The van der Waals surface area contributed by atoms with Crippen molar-refractivity contribution in [2.45, 2.75) is 45.3 Å². The maximum absolute atomic E-state index is 12.3. The van der Waals surface area contributed by atoms with Gasteiger partial charge in [0.2, 0.25) is 0 Å². The van der Waals surface area contributed by atoms with Crippen LogP contribution in [0.1, 0.15) is 33.6 Å². The number of guanidine groups is 1. The van der Waals surface area contributed by atoms with E-state index in [1.54, 1.807) is 4.90 Å². The van der Waals surface area contributed by atoms with Crippen molar-refractivity contribution in [3.8, 4) is 0 Å². The first-order valence-corrected chi connectivity index (χ1v) is 9.53. The Morgan fingerprint density at radius 1 is 1.44 bits per heavy atom. The Balaban J connectivity index is 0.00000261. The van der Waals surface area contributed by atoms with Crippen LogP contribution < -0.4 is 5.32 Å². The normalized spacial score (nSPS) is 27.7. The summed E-state index contributed by atoms with van der Waals surface area (Å²) in [5, 5.41) is 12.8. The molecule has 0 aromatic carbocycles. The number of hydrogen-bond acceptors (Lipinski definition) is 7. The van der Waals surface area contributed by atoms with Gasteiger partial charge in [-0.2, -0.15) is 0 Å². The number of hydrogen-bond donors (Lipinski definition) is 2. The molecule has 2 unspecified atom stereocenters. The highest BCUT2D eigenvalue weighted by Gasteiger charge is 2.39. The molecule has 0 spiro atoms. The Bertz CT molecular complexity index is 546. The summed E-state index contributed by atoms with van der Waals surface area (Å²) < 4.78 is 11.0. The molecule has 8 nitrogen and oxygen atoms in total. The summed E-state index contributed by atoms with van der Waals surface area (Å²) in [4.78, 5) is 21.0. The fraction of sp³-hybridized carbons (Fsp3) is 0.889. The fourth-order valence-electron chi connectivity index (χ4n) is 3.80. The molecule has 0 radical (unpaired) electrons. The van der Waals surface area contributed by atoms with Gasteiger partial charge in [0.25, 0.3) is 0 Å². The van der Waals surface area contributed by atoms with E-state index >= 15 is 0 Å². The zero-order chi connectivity index (χ0) is 18.8. The molecule has 2 N–H and O–H groups in total. The summed E-state index contributed by atoms with van der Waals surface area (Å²) in [6.45, 7) is 10.7. The third kappa shape index (κ3) is 5.60. The SMILES string of the molecule is CC(C)(C)OC(=O)N1CCN2C(NCC3(CCO)CCOC3)=NCC2C1.I. The Morgan fingerprint density at radius 2 is 2.22 bits per heavy atom. The fourth-order valence-corrected chi connectivity index (χ4v) is 3.80. The molecular formula is C18H33IN4O4. The van der Waals surface area contributed by atoms with Crippen LogP contribution in [0.5, 0.6) is 0 Å². The molecule has 3 rings (SSSR count). The summed E-state index contributed by atoms with van der Waals surface area (Å²) in [7, 11) is 0. The number of aliphatic imine (C=N–C) groups is 1. The van der Waals surface area contributed by atoms with Crippen LogP contribution in [0.25, 0.3) is 0 Å². The number of fused-ring (bicyclic) bond motifs is 1. The highest BCUT2D eigenvalue weighted by atomic mass is 127. The van der Waals surface area contributed by atoms with Gasteiger partial charge in [-0.1, -0.05) is 0 Å². The Hall–Kier alpha value is -0.810. The number of piperazine rings is 1. The summed E-state index contributed by atoms with van der Waals surface area (Å²) in [5.74, 6) is 0.906. The largest absolute Gasteiger partial charge is 0.444 e. The minimum atomic E-state index is -0.475. The molecule has 0 saturated carbocycles. The molecule has 9 heteroatoms. The van der Waals surface area contributed by atoms with Gasteiger partial charge < -0.3 is 29.7 Å². The van der Waals surface area contributed by atoms with Crippen molar-refractivity contribution in [1.29, 1.82) is 0 Å². The molecule has 0 aliphatic carbocycles. The number of carbonyl (C=O) groups excluding carboxylic acids is 1. The van der Waals surface area contributed by atoms with Crippen molar-refractivity contribution >= 4 is 36.0 Å². The van der Waals surface area contributed by atoms with E-state index < -0.39 is 5.60 Å². The summed E-state index contributed by atoms with van der Waals surface area (Å²) in [6.07, 6.45) is 1.45. The van der Waals surface area contributed by atoms with Crippen LogP contribution in [-0.4, -0.2) is 91.1 Å². The number of aliphatic hydroxyl groups is 1. The van der Waals surface area contributed by atoms with Gasteiger partial charge in [0.15, 0.2) is 5.96 Å². The highest BCUT2D eigenvalue weighted by Crippen LogP contribution is 2.31. The maximum atomic E-state index is 12.3. The van der Waals surface area contributed by atoms with Crippen LogP contribution in [-0.2, 0) is 9.47 Å². The molecule has 3 aliphatic rings. The predicted octanol–water partition coefficient (Wildman–Crippen LogP) is 1.27. The molecule has 3 heterocycles. The van der Waals surface area contributed by atoms with Crippen LogP contribution in [0.3, 0.4) is 0 Å². The van der Waals surface area contributed by atoms with Crippen molar-refractivity contribution in [1.82, 2.24) is 15.1 Å². The molecular weight excluding hydrogens is 463 g/mol. The first kappa shape index (κ1) is 22.5. The van der Waals surface area contributed by atoms with E-state index in [0.717, 1.165) is 38.5 Å². The third-order valence-corrected chi connectivity index (χ3v) is 5.31. The van der Waals surface area contributed by atoms with Gasteiger partial charge in [-0.05, 0) is 33.6 Å². The number of carbonyl (C=O) groups is 1. The summed E-state index contributed by atoms with van der Waals surface area (Å²) >= 11 is 0. The van der Waals surface area contributed by atoms with E-state index in [0.29, 0.717) is 26.2 Å². The number of nitrogens with zero attached hydrogens (tertiary/aromatic N) is 3. The van der Waals surface area contributed by atoms with Gasteiger partial charge in [0.05, 0.1) is 19.2 Å². The summed E-state index contributed by atoms with van der Waals surface area (Å²) in [5.41, 5.74) is -0.481. The number of nitrogens with one attached hydrogen (secondary N) is 1. The van der Waals surface area contributed by atoms with Gasteiger partial charge in [-0.3, -0.25) is 4.99 Å². The Morgan fingerprint density at radius 3 is 2.85 bits per heavy atom. The van der Waals surface area contributed by atoms with Gasteiger partial charge in [-0.15, -0.1) is 24.0 Å². The second kappa shape index (κ2) is 9.13. The second-order valence-corrected chi connectivity index (χ2v) is 8.57. The molecule has 0 bridgehead atoms. The van der Waals surface area contributed by atoms with Gasteiger partial charge in [0, 0.05) is 44.8 Å². The predicted molar refractivity (Wildman–Crippen MR) is 114 cm³/mol. The molecule has 0 aromatic rings. The average Bonchev–Trinajstić information content (AvgIpc) is 3.18. The molecule has 1 amide bonds. The van der Waals surface area contributed by atoms with E-state index in [1.165, 1.54) is 0 Å². The highest BCUT2D eigenvalue weighted by molar-refractivity contribution is 14.0. The number of halogens is 1. The molecule has 0 aromatic heterocycles. The number of ether oxygens (including phenoxy) is 2. The Kier molecular flexibility index (Phi) is 7.60. The van der Waals surface area contributed by atoms with Crippen molar-refractivity contribution in [2.75, 3.05) is 52.5 Å². The first-order valence-electron chi connectivity index (χ1n) is 9.53. The number of rotatable bonds is 4. The average molecular weight is 496 g/mol. The minimum Gasteiger partial charge on any atom is -0.444 e. The minimum absolute atomic E-state index is 0. The van der Waals surface area contributed by atoms with Gasteiger partial charge in [0.1, 0.15) is 5.60 Å². The standard InChI is InChI=1S/C18H32N4O4.HI/c1-17(2,3)26-16(24)21-6-7-22-14(11-21)10-19-15(22)20-12-18(4-8-23)5-9-25-13-18;/h14,23H,4-13H2,1-3H3,(H,19,20);1H. The molecule has 2 fully saturated rings. The lowest BCUT2D eigenvalue weighted by Crippen LogP contribution is -2.58. The smallest absolute Gasteiger partial charge is 0.410 e. The van der Waals surface area contributed by atoms with Gasteiger partial charge in [-0.25, -0.2) is 4.79 Å². The number of aliphatic hydroxyl groups excluding tert-OH is 1. The van der Waals surface area contributed by atoms with Crippen molar-refractivity contribution in [3.05, 3.63) is 0 Å². The summed E-state index contributed by atoms with van der Waals surface area (Å²) in [6, 6.07) is 0.201. The van der Waals surface area contributed by atoms with Crippen LogP contribution in [0, 0.1) is 5.41 Å². The van der Waals surface area contributed by atoms with E-state index in [9.17, 15) is 9.90 Å². The second-order valence-electron chi connectivity index (χ2n) is 8.57. The lowest BCUT2D eigenvalue weighted by molar-refractivity contribution is 0.0137. The molecule has 156 valence electrons. The van der Waals surface area contributed by atoms with Crippen LogP contribution in [0.15, 0.2) is 4.99 Å². The van der Waals surface area contributed by atoms with Crippen molar-refractivity contribution < 1.29 is 19.4 Å². The maximum Gasteiger partial charge on any atom is 0.410 e. The molecule has 3 aliphatic heterocycles. The van der Waals surface area contributed by atoms with Crippen LogP contribution in [0.2, 0.25) is 0 Å². The van der Waals surface area contributed by atoms with Crippen molar-refractivity contribution in [2.24, 2.45) is 10.4 Å². The lowest BCUT2D eigenvalue weighted by atomic mass is 9.84. The number of amides is 1. The van der Waals surface area contributed by atoms with E-state index in [1.807, 2.05) is 20.8 Å². The molecule has 27 heavy (non-hydrogen) atoms. The van der Waals surface area contributed by atoms with Crippen molar-refractivity contribution in [3.63, 3.8) is 0 Å². The Labute approximate surface area is 178 Å². The first-order chi connectivity index (χ1) is 12.3.